The molecule has 4 N–H and O–H groups in total. The van der Waals surface area contributed by atoms with Crippen molar-refractivity contribution in [2.75, 3.05) is 55.9 Å². The topological polar surface area (TPSA) is 109 Å². The number of hydrogen-bond acceptors (Lipinski definition) is 8. The van der Waals surface area contributed by atoms with Crippen molar-refractivity contribution in [2.24, 2.45) is 23.5 Å². The number of anilines is 4. The Morgan fingerprint density at radius 3 is 2.94 bits per heavy atom. The Bertz CT molecular complexity index is 1110. The molecule has 4 atom stereocenters. The summed E-state index contributed by atoms with van der Waals surface area (Å²) in [5.74, 6) is -0.0294. The molecule has 2 heterocycles. The van der Waals surface area contributed by atoms with Crippen molar-refractivity contribution in [3.05, 3.63) is 42.4 Å². The molecule has 5 rings (SSSR count). The Kier molecular flexibility index (Phi) is 5.99. The molecule has 9 nitrogen and oxygen atoms in total. The van der Waals surface area contributed by atoms with Crippen LogP contribution in [-0.2, 0) is 4.79 Å². The highest BCUT2D eigenvalue weighted by atomic mass is 19.1. The number of ether oxygens (including phenoxy) is 1. The number of carbonyl (C=O) groups excluding carboxylic acids is 1. The Morgan fingerprint density at radius 2 is 2.15 bits per heavy atom. The maximum atomic E-state index is 14.6. The third-order valence-electron chi connectivity index (χ3n) is 6.83. The zero-order valence-electron chi connectivity index (χ0n) is 19.4. The van der Waals surface area contributed by atoms with E-state index in [0.717, 1.165) is 49.4 Å². The fraction of sp³-hybridized carbons (Fsp3) is 0.458. The van der Waals surface area contributed by atoms with Gasteiger partial charge in [0.25, 0.3) is 0 Å². The molecule has 34 heavy (non-hydrogen) atoms. The summed E-state index contributed by atoms with van der Waals surface area (Å²) < 4.78 is 20.4. The number of nitrogens with zero attached hydrogens (tertiary/aromatic N) is 4. The van der Waals surface area contributed by atoms with Crippen molar-refractivity contribution >= 4 is 29.0 Å². The van der Waals surface area contributed by atoms with Gasteiger partial charge >= 0.3 is 0 Å². The molecule has 1 aromatic heterocycles. The van der Waals surface area contributed by atoms with Crippen molar-refractivity contribution in [3.8, 4) is 5.75 Å². The zero-order valence-corrected chi connectivity index (χ0v) is 19.4. The fourth-order valence-corrected chi connectivity index (χ4v) is 5.13. The zero-order chi connectivity index (χ0) is 23.8. The van der Waals surface area contributed by atoms with Gasteiger partial charge in [0.1, 0.15) is 12.4 Å². The molecular formula is C24H30FN7O2. The van der Waals surface area contributed by atoms with E-state index in [2.05, 4.69) is 50.6 Å². The van der Waals surface area contributed by atoms with Crippen molar-refractivity contribution in [1.29, 1.82) is 0 Å². The van der Waals surface area contributed by atoms with Crippen LogP contribution in [0.4, 0.5) is 27.5 Å². The molecule has 0 unspecified atom stereocenters. The predicted octanol–water partition coefficient (Wildman–Crippen LogP) is 2.21. The van der Waals surface area contributed by atoms with Crippen LogP contribution >= 0.6 is 0 Å². The van der Waals surface area contributed by atoms with Crippen LogP contribution < -0.4 is 26.0 Å². The van der Waals surface area contributed by atoms with Gasteiger partial charge < -0.3 is 30.9 Å². The summed E-state index contributed by atoms with van der Waals surface area (Å²) >= 11 is 0. The second-order valence-electron chi connectivity index (χ2n) is 9.38. The van der Waals surface area contributed by atoms with Crippen LogP contribution in [0.5, 0.6) is 5.75 Å². The molecule has 0 radical (unpaired) electrons. The van der Waals surface area contributed by atoms with Crippen molar-refractivity contribution in [3.63, 3.8) is 0 Å². The molecule has 2 aromatic rings. The lowest BCUT2D eigenvalue weighted by molar-refractivity contribution is -0.122. The van der Waals surface area contributed by atoms with Gasteiger partial charge in [-0.15, -0.1) is 0 Å². The van der Waals surface area contributed by atoms with Gasteiger partial charge in [-0.05, 0) is 44.5 Å². The largest absolute Gasteiger partial charge is 0.489 e. The van der Waals surface area contributed by atoms with Crippen molar-refractivity contribution in [1.82, 2.24) is 14.9 Å². The minimum Gasteiger partial charge on any atom is -0.489 e. The van der Waals surface area contributed by atoms with Gasteiger partial charge in [0.05, 0.1) is 24.3 Å². The van der Waals surface area contributed by atoms with Gasteiger partial charge in [-0.3, -0.25) is 4.79 Å². The van der Waals surface area contributed by atoms with Crippen LogP contribution in [0.15, 0.2) is 36.5 Å². The number of aromatic nitrogens is 2. The molecule has 10 heteroatoms. The van der Waals surface area contributed by atoms with Gasteiger partial charge in [-0.25, -0.2) is 9.37 Å². The normalized spacial score (nSPS) is 24.8. The molecule has 3 aliphatic rings. The third kappa shape index (κ3) is 4.37. The van der Waals surface area contributed by atoms with Gasteiger partial charge in [-0.2, -0.15) is 4.98 Å². The van der Waals surface area contributed by atoms with Crippen LogP contribution in [-0.4, -0.2) is 67.2 Å². The van der Waals surface area contributed by atoms with Gasteiger partial charge in [-0.1, -0.05) is 12.2 Å². The standard InChI is InChI=1S/C24H30FN7O2/c1-31(2)7-8-32-9-10-34-19-12-16(5-6-18(19)32)28-24-27-13-17(25)23(30-24)29-21-15-4-3-14(11-15)20(21)22(26)33/h3-6,12-15,20-21H,7-11H2,1-2H3,(H2,26,33)(H2,27,28,29,30)/t14-,15+,20+,21-/m1/s1. The number of likely N-dealkylation sites (N-methyl/N-ethyl adjacent to an activating group) is 1. The number of amides is 1. The first-order valence-electron chi connectivity index (χ1n) is 11.6. The highest BCUT2D eigenvalue weighted by Gasteiger charge is 2.47. The Balaban J connectivity index is 1.32. The molecule has 0 saturated heterocycles. The smallest absolute Gasteiger partial charge is 0.229 e. The number of primary amides is 1. The first kappa shape index (κ1) is 22.4. The van der Waals surface area contributed by atoms with E-state index in [4.69, 9.17) is 10.5 Å². The third-order valence-corrected chi connectivity index (χ3v) is 6.83. The molecule has 1 saturated carbocycles. The highest BCUT2D eigenvalue weighted by molar-refractivity contribution is 5.79. The van der Waals surface area contributed by atoms with Gasteiger partial charge in [0.15, 0.2) is 11.6 Å². The number of carbonyl (C=O) groups is 1. The molecular weight excluding hydrogens is 437 g/mol. The van der Waals surface area contributed by atoms with E-state index >= 15 is 0 Å². The molecule has 1 amide bonds. The maximum Gasteiger partial charge on any atom is 0.229 e. The Morgan fingerprint density at radius 1 is 1.32 bits per heavy atom. The summed E-state index contributed by atoms with van der Waals surface area (Å²) in [4.78, 5) is 24.9. The average Bonchev–Trinajstić information content (AvgIpc) is 3.41. The van der Waals surface area contributed by atoms with E-state index < -0.39 is 5.82 Å². The molecule has 2 aliphatic carbocycles. The van der Waals surface area contributed by atoms with Crippen LogP contribution in [0.25, 0.3) is 0 Å². The summed E-state index contributed by atoms with van der Waals surface area (Å²) in [5.41, 5.74) is 7.41. The van der Waals surface area contributed by atoms with Crippen LogP contribution in [0.2, 0.25) is 0 Å². The Labute approximate surface area is 198 Å². The number of benzene rings is 1. The number of halogens is 1. The lowest BCUT2D eigenvalue weighted by Crippen LogP contribution is -2.41. The monoisotopic (exact) mass is 467 g/mol. The predicted molar refractivity (Wildman–Crippen MR) is 129 cm³/mol. The van der Waals surface area contributed by atoms with Crippen LogP contribution in [0.3, 0.4) is 0 Å². The van der Waals surface area contributed by atoms with Crippen LogP contribution in [0, 0.1) is 23.6 Å². The lowest BCUT2D eigenvalue weighted by atomic mass is 9.88. The van der Waals surface area contributed by atoms with E-state index in [-0.39, 0.29) is 41.5 Å². The molecule has 1 aromatic carbocycles. The molecule has 180 valence electrons. The summed E-state index contributed by atoms with van der Waals surface area (Å²) in [6.07, 6.45) is 6.05. The SMILES string of the molecule is CN(C)CCN1CCOc2cc(Nc3ncc(F)c(N[C@H]4[C@@H](C(N)=O)[C@@H]5C=C[C@H]4C5)n3)ccc21. The Hall–Kier alpha value is -3.40. The van der Waals surface area contributed by atoms with Gasteiger partial charge in [0, 0.05) is 30.9 Å². The summed E-state index contributed by atoms with van der Waals surface area (Å²) in [6, 6.07) is 5.56. The molecule has 0 spiro atoms. The second kappa shape index (κ2) is 9.09. The maximum absolute atomic E-state index is 14.6. The number of rotatable bonds is 8. The minimum absolute atomic E-state index is 0.0544. The van der Waals surface area contributed by atoms with E-state index in [1.165, 1.54) is 0 Å². The first-order chi connectivity index (χ1) is 16.4. The highest BCUT2D eigenvalue weighted by Crippen LogP contribution is 2.45. The van der Waals surface area contributed by atoms with E-state index in [1.807, 2.05) is 24.3 Å². The summed E-state index contributed by atoms with van der Waals surface area (Å²) in [6.45, 7) is 3.32. The van der Waals surface area contributed by atoms with Gasteiger partial charge in [0.2, 0.25) is 11.9 Å². The average molecular weight is 468 g/mol. The van der Waals surface area contributed by atoms with Crippen molar-refractivity contribution in [2.45, 2.75) is 12.5 Å². The number of nitrogens with two attached hydrogens (primary N) is 1. The quantitative estimate of drug-likeness (QED) is 0.507. The van der Waals surface area contributed by atoms with Crippen LogP contribution in [0.1, 0.15) is 6.42 Å². The van der Waals surface area contributed by atoms with Crippen molar-refractivity contribution < 1.29 is 13.9 Å². The number of nitrogens with one attached hydrogen (secondary N) is 2. The van der Waals surface area contributed by atoms with E-state index in [9.17, 15) is 9.18 Å². The number of hydrogen-bond donors (Lipinski definition) is 3. The molecule has 2 bridgehead atoms. The fourth-order valence-electron chi connectivity index (χ4n) is 5.13. The molecule has 1 fully saturated rings. The lowest BCUT2D eigenvalue weighted by Gasteiger charge is -2.32. The van der Waals surface area contributed by atoms with E-state index in [1.54, 1.807) is 0 Å². The summed E-state index contributed by atoms with van der Waals surface area (Å²) in [7, 11) is 4.12. The summed E-state index contributed by atoms with van der Waals surface area (Å²) in [5, 5.41) is 6.26. The minimum atomic E-state index is -0.578. The molecule has 1 aliphatic heterocycles. The first-order valence-corrected chi connectivity index (χ1v) is 11.6. The van der Waals surface area contributed by atoms with E-state index in [0.29, 0.717) is 6.61 Å². The number of allylic oxidation sites excluding steroid dienone is 1. The number of fused-ring (bicyclic) bond motifs is 3. The second-order valence-corrected chi connectivity index (χ2v) is 9.38.